The fourth-order valence-electron chi connectivity index (χ4n) is 2.10. The zero-order valence-corrected chi connectivity index (χ0v) is 12.1. The van der Waals surface area contributed by atoms with Crippen LogP contribution >= 0.6 is 15.9 Å². The number of carbonyl (C=O) groups is 1. The molecule has 1 aliphatic rings. The molecule has 0 aromatic heterocycles. The summed E-state index contributed by atoms with van der Waals surface area (Å²) in [7, 11) is 0. The van der Waals surface area contributed by atoms with E-state index >= 15 is 0 Å². The molecule has 1 aromatic carbocycles. The van der Waals surface area contributed by atoms with Crippen molar-refractivity contribution in [3.8, 4) is 0 Å². The molecule has 0 saturated carbocycles. The van der Waals surface area contributed by atoms with Crippen molar-refractivity contribution in [3.05, 3.63) is 28.7 Å². The number of hydrogen-bond acceptors (Lipinski definition) is 2. The number of hydrogen-bond donors (Lipinski definition) is 1. The summed E-state index contributed by atoms with van der Waals surface area (Å²) in [6.45, 7) is 5.21. The fourth-order valence-corrected chi connectivity index (χ4v) is 2.48. The maximum atomic E-state index is 12.1. The zero-order valence-electron chi connectivity index (χ0n) is 10.5. The van der Waals surface area contributed by atoms with E-state index in [0.717, 1.165) is 10.2 Å². The maximum absolute atomic E-state index is 12.1. The van der Waals surface area contributed by atoms with Gasteiger partial charge in [0.05, 0.1) is 17.9 Å². The molecule has 2 atom stereocenters. The second-order valence-electron chi connectivity index (χ2n) is 4.57. The third-order valence-electron chi connectivity index (χ3n) is 2.82. The van der Waals surface area contributed by atoms with Gasteiger partial charge in [-0.3, -0.25) is 0 Å². The number of para-hydroxylation sites is 1. The van der Waals surface area contributed by atoms with E-state index in [4.69, 9.17) is 4.74 Å². The highest BCUT2D eigenvalue weighted by molar-refractivity contribution is 9.10. The molecule has 1 heterocycles. The standard InChI is InChI=1S/C13H17BrN2O2/c1-9-7-16(8-10(2)18-9)13(17)15-12-6-4-3-5-11(12)14/h3-6,9-10H,7-8H2,1-2H3,(H,15,17)/t9-,10+. The topological polar surface area (TPSA) is 41.6 Å². The molecule has 1 fully saturated rings. The van der Waals surface area contributed by atoms with E-state index in [2.05, 4.69) is 21.2 Å². The molecule has 1 aromatic rings. The van der Waals surface area contributed by atoms with Crippen LogP contribution in [0.25, 0.3) is 0 Å². The predicted molar refractivity (Wildman–Crippen MR) is 74.7 cm³/mol. The molecule has 0 spiro atoms. The van der Waals surface area contributed by atoms with Gasteiger partial charge in [-0.15, -0.1) is 0 Å². The highest BCUT2D eigenvalue weighted by Crippen LogP contribution is 2.22. The first kappa shape index (κ1) is 13.4. The Morgan fingerprint density at radius 3 is 2.56 bits per heavy atom. The van der Waals surface area contributed by atoms with Crippen molar-refractivity contribution >= 4 is 27.6 Å². The minimum Gasteiger partial charge on any atom is -0.372 e. The Labute approximate surface area is 115 Å². The van der Waals surface area contributed by atoms with Gasteiger partial charge in [-0.1, -0.05) is 12.1 Å². The minimum absolute atomic E-state index is 0.0797. The number of halogens is 1. The van der Waals surface area contributed by atoms with Crippen LogP contribution in [-0.4, -0.2) is 36.2 Å². The minimum atomic E-state index is -0.0797. The van der Waals surface area contributed by atoms with Gasteiger partial charge >= 0.3 is 6.03 Å². The highest BCUT2D eigenvalue weighted by Gasteiger charge is 2.25. The van der Waals surface area contributed by atoms with E-state index in [1.165, 1.54) is 0 Å². The van der Waals surface area contributed by atoms with E-state index < -0.39 is 0 Å². The lowest BCUT2D eigenvalue weighted by Gasteiger charge is -2.35. The Morgan fingerprint density at radius 1 is 1.33 bits per heavy atom. The van der Waals surface area contributed by atoms with E-state index in [1.807, 2.05) is 38.1 Å². The molecule has 0 aliphatic carbocycles. The first-order chi connectivity index (χ1) is 8.56. The van der Waals surface area contributed by atoms with Gasteiger partial charge in [0.1, 0.15) is 0 Å². The number of anilines is 1. The molecule has 1 saturated heterocycles. The van der Waals surface area contributed by atoms with E-state index in [0.29, 0.717) is 13.1 Å². The number of morpholine rings is 1. The summed E-state index contributed by atoms with van der Waals surface area (Å²) in [6.07, 6.45) is 0.164. The molecule has 0 bridgehead atoms. The summed E-state index contributed by atoms with van der Waals surface area (Å²) >= 11 is 3.41. The Hall–Kier alpha value is -1.07. The summed E-state index contributed by atoms with van der Waals surface area (Å²) in [6, 6.07) is 7.50. The first-order valence-electron chi connectivity index (χ1n) is 6.02. The van der Waals surface area contributed by atoms with E-state index in [1.54, 1.807) is 4.90 Å². The predicted octanol–water partition coefficient (Wildman–Crippen LogP) is 3.09. The van der Waals surface area contributed by atoms with Crippen molar-refractivity contribution in [2.75, 3.05) is 18.4 Å². The van der Waals surface area contributed by atoms with Gasteiger partial charge in [-0.05, 0) is 41.9 Å². The van der Waals surface area contributed by atoms with Crippen LogP contribution in [0.1, 0.15) is 13.8 Å². The zero-order chi connectivity index (χ0) is 13.1. The summed E-state index contributed by atoms with van der Waals surface area (Å²) in [5, 5.41) is 2.91. The molecular weight excluding hydrogens is 296 g/mol. The van der Waals surface area contributed by atoms with Crippen LogP contribution in [0.15, 0.2) is 28.7 Å². The average Bonchev–Trinajstić information content (AvgIpc) is 2.31. The van der Waals surface area contributed by atoms with Crippen LogP contribution < -0.4 is 5.32 Å². The molecule has 0 radical (unpaired) electrons. The normalized spacial score (nSPS) is 23.8. The molecule has 1 N–H and O–H groups in total. The van der Waals surface area contributed by atoms with Crippen molar-refractivity contribution in [1.82, 2.24) is 4.90 Å². The lowest BCUT2D eigenvalue weighted by molar-refractivity contribution is -0.0530. The molecular formula is C13H17BrN2O2. The fraction of sp³-hybridized carbons (Fsp3) is 0.462. The van der Waals surface area contributed by atoms with Crippen molar-refractivity contribution in [3.63, 3.8) is 0 Å². The van der Waals surface area contributed by atoms with Crippen molar-refractivity contribution in [2.45, 2.75) is 26.1 Å². The highest BCUT2D eigenvalue weighted by atomic mass is 79.9. The molecule has 0 unspecified atom stereocenters. The van der Waals surface area contributed by atoms with Crippen LogP contribution in [0, 0.1) is 0 Å². The first-order valence-corrected chi connectivity index (χ1v) is 6.81. The largest absolute Gasteiger partial charge is 0.372 e. The van der Waals surface area contributed by atoms with E-state index in [-0.39, 0.29) is 18.2 Å². The van der Waals surface area contributed by atoms with Gasteiger partial charge in [0.15, 0.2) is 0 Å². The smallest absolute Gasteiger partial charge is 0.322 e. The third kappa shape index (κ3) is 3.23. The number of urea groups is 1. The van der Waals surface area contributed by atoms with Gasteiger partial charge in [0.25, 0.3) is 0 Å². The number of benzene rings is 1. The second kappa shape index (κ2) is 5.71. The van der Waals surface area contributed by atoms with Gasteiger partial charge in [0, 0.05) is 17.6 Å². The lowest BCUT2D eigenvalue weighted by atomic mass is 10.2. The monoisotopic (exact) mass is 312 g/mol. The quantitative estimate of drug-likeness (QED) is 0.865. The number of nitrogens with one attached hydrogen (secondary N) is 1. The molecule has 5 heteroatoms. The van der Waals surface area contributed by atoms with Gasteiger partial charge in [0.2, 0.25) is 0 Å². The van der Waals surface area contributed by atoms with Crippen LogP contribution in [0.4, 0.5) is 10.5 Å². The Kier molecular flexibility index (Phi) is 4.24. The number of rotatable bonds is 1. The van der Waals surface area contributed by atoms with E-state index in [9.17, 15) is 4.79 Å². The summed E-state index contributed by atoms with van der Waals surface area (Å²) < 4.78 is 6.49. The van der Waals surface area contributed by atoms with Crippen LogP contribution in [0.2, 0.25) is 0 Å². The van der Waals surface area contributed by atoms with Gasteiger partial charge in [-0.25, -0.2) is 4.79 Å². The molecule has 18 heavy (non-hydrogen) atoms. The summed E-state index contributed by atoms with van der Waals surface area (Å²) in [5.74, 6) is 0. The Bertz CT molecular complexity index is 429. The van der Waals surface area contributed by atoms with Crippen molar-refractivity contribution in [2.24, 2.45) is 0 Å². The Balaban J connectivity index is 2.02. The van der Waals surface area contributed by atoms with Crippen molar-refractivity contribution < 1.29 is 9.53 Å². The Morgan fingerprint density at radius 2 is 1.94 bits per heavy atom. The summed E-state index contributed by atoms with van der Waals surface area (Å²) in [4.78, 5) is 13.9. The van der Waals surface area contributed by atoms with Crippen LogP contribution in [-0.2, 0) is 4.74 Å². The molecule has 2 amide bonds. The molecule has 98 valence electrons. The van der Waals surface area contributed by atoms with Crippen molar-refractivity contribution in [1.29, 1.82) is 0 Å². The summed E-state index contributed by atoms with van der Waals surface area (Å²) in [5.41, 5.74) is 0.786. The molecule has 2 rings (SSSR count). The molecule has 1 aliphatic heterocycles. The van der Waals surface area contributed by atoms with Crippen LogP contribution in [0.5, 0.6) is 0 Å². The third-order valence-corrected chi connectivity index (χ3v) is 3.51. The van der Waals surface area contributed by atoms with Gasteiger partial charge in [-0.2, -0.15) is 0 Å². The SMILES string of the molecule is C[C@@H]1CN(C(=O)Nc2ccccc2Br)C[C@H](C)O1. The number of nitrogens with zero attached hydrogens (tertiary/aromatic N) is 1. The number of amides is 2. The van der Waals surface area contributed by atoms with Crippen LogP contribution in [0.3, 0.4) is 0 Å². The number of ether oxygens (including phenoxy) is 1. The molecule has 4 nitrogen and oxygen atoms in total. The lowest BCUT2D eigenvalue weighted by Crippen LogP contribution is -2.49. The van der Waals surface area contributed by atoms with Gasteiger partial charge < -0.3 is 15.0 Å². The second-order valence-corrected chi connectivity index (χ2v) is 5.43. The number of carbonyl (C=O) groups excluding carboxylic acids is 1. The maximum Gasteiger partial charge on any atom is 0.322 e. The average molecular weight is 313 g/mol.